The van der Waals surface area contributed by atoms with Crippen LogP contribution in [0.25, 0.3) is 5.65 Å². The molecule has 0 bridgehead atoms. The molecule has 0 aliphatic rings. The van der Waals surface area contributed by atoms with Crippen LogP contribution in [0.4, 0.5) is 0 Å². The summed E-state index contributed by atoms with van der Waals surface area (Å²) in [4.78, 5) is 0. The Morgan fingerprint density at radius 3 is 3.07 bits per heavy atom. The monoisotopic (exact) mass is 190 g/mol. The molecule has 4 nitrogen and oxygen atoms in total. The molecule has 0 atom stereocenters. The van der Waals surface area contributed by atoms with E-state index in [2.05, 4.69) is 35.4 Å². The van der Waals surface area contributed by atoms with Gasteiger partial charge < -0.3 is 5.32 Å². The highest BCUT2D eigenvalue weighted by atomic mass is 15.3. The zero-order valence-corrected chi connectivity index (χ0v) is 8.49. The van der Waals surface area contributed by atoms with Crippen LogP contribution in [-0.2, 0) is 6.54 Å². The van der Waals surface area contributed by atoms with Crippen LogP contribution in [0.1, 0.15) is 18.3 Å². The van der Waals surface area contributed by atoms with Gasteiger partial charge in [0.1, 0.15) is 0 Å². The van der Waals surface area contributed by atoms with Crippen LogP contribution >= 0.6 is 0 Å². The zero-order valence-electron chi connectivity index (χ0n) is 8.49. The summed E-state index contributed by atoms with van der Waals surface area (Å²) in [6.45, 7) is 5.84. The first-order valence-electron chi connectivity index (χ1n) is 4.82. The topological polar surface area (TPSA) is 42.2 Å². The Morgan fingerprint density at radius 1 is 1.43 bits per heavy atom. The number of pyridine rings is 1. The molecule has 0 spiro atoms. The number of hydrogen-bond donors (Lipinski definition) is 1. The van der Waals surface area contributed by atoms with Crippen LogP contribution in [0.15, 0.2) is 18.3 Å². The third kappa shape index (κ3) is 1.61. The lowest BCUT2D eigenvalue weighted by Crippen LogP contribution is -2.14. The van der Waals surface area contributed by atoms with Crippen molar-refractivity contribution in [3.8, 4) is 0 Å². The highest BCUT2D eigenvalue weighted by molar-refractivity contribution is 5.40. The Kier molecular flexibility index (Phi) is 2.45. The summed E-state index contributed by atoms with van der Waals surface area (Å²) in [5, 5.41) is 11.5. The van der Waals surface area contributed by atoms with Gasteiger partial charge in [0.2, 0.25) is 0 Å². The van der Waals surface area contributed by atoms with E-state index < -0.39 is 0 Å². The predicted molar refractivity (Wildman–Crippen MR) is 55.1 cm³/mol. The number of aryl methyl sites for hydroxylation is 1. The summed E-state index contributed by atoms with van der Waals surface area (Å²) in [6.07, 6.45) is 2.01. The van der Waals surface area contributed by atoms with Crippen molar-refractivity contribution in [2.75, 3.05) is 6.54 Å². The SMILES string of the molecule is CCNCc1nnc2cc(C)ccn12. The molecule has 0 aromatic carbocycles. The fourth-order valence-corrected chi connectivity index (χ4v) is 1.40. The first-order valence-corrected chi connectivity index (χ1v) is 4.82. The Hall–Kier alpha value is -1.42. The minimum atomic E-state index is 0.765. The van der Waals surface area contributed by atoms with Gasteiger partial charge in [0.15, 0.2) is 11.5 Å². The summed E-state index contributed by atoms with van der Waals surface area (Å²) >= 11 is 0. The predicted octanol–water partition coefficient (Wildman–Crippen LogP) is 1.15. The lowest BCUT2D eigenvalue weighted by molar-refractivity contribution is 0.683. The molecular weight excluding hydrogens is 176 g/mol. The fraction of sp³-hybridized carbons (Fsp3) is 0.400. The van der Waals surface area contributed by atoms with Crippen LogP contribution < -0.4 is 5.32 Å². The van der Waals surface area contributed by atoms with E-state index in [0.29, 0.717) is 0 Å². The van der Waals surface area contributed by atoms with Crippen molar-refractivity contribution in [1.29, 1.82) is 0 Å². The van der Waals surface area contributed by atoms with Gasteiger partial charge in [-0.1, -0.05) is 6.92 Å². The van der Waals surface area contributed by atoms with E-state index in [1.54, 1.807) is 0 Å². The van der Waals surface area contributed by atoms with E-state index >= 15 is 0 Å². The molecule has 74 valence electrons. The van der Waals surface area contributed by atoms with E-state index in [1.807, 2.05) is 16.7 Å². The van der Waals surface area contributed by atoms with Crippen molar-refractivity contribution >= 4 is 5.65 Å². The van der Waals surface area contributed by atoms with E-state index in [4.69, 9.17) is 0 Å². The molecule has 14 heavy (non-hydrogen) atoms. The largest absolute Gasteiger partial charge is 0.310 e. The average molecular weight is 190 g/mol. The smallest absolute Gasteiger partial charge is 0.161 e. The van der Waals surface area contributed by atoms with Crippen molar-refractivity contribution in [1.82, 2.24) is 19.9 Å². The quantitative estimate of drug-likeness (QED) is 0.789. The maximum atomic E-state index is 4.12. The summed E-state index contributed by atoms with van der Waals surface area (Å²) in [6, 6.07) is 4.09. The second-order valence-corrected chi connectivity index (χ2v) is 3.33. The van der Waals surface area contributed by atoms with Gasteiger partial charge in [0.25, 0.3) is 0 Å². The molecule has 2 rings (SSSR count). The highest BCUT2D eigenvalue weighted by Crippen LogP contribution is 2.05. The molecule has 4 heteroatoms. The fourth-order valence-electron chi connectivity index (χ4n) is 1.40. The second-order valence-electron chi connectivity index (χ2n) is 3.33. The maximum absolute atomic E-state index is 4.12. The summed E-state index contributed by atoms with van der Waals surface area (Å²) in [5.41, 5.74) is 2.12. The third-order valence-electron chi connectivity index (χ3n) is 2.17. The number of aromatic nitrogens is 3. The molecule has 0 saturated heterocycles. The van der Waals surface area contributed by atoms with Crippen LogP contribution in [-0.4, -0.2) is 21.1 Å². The minimum absolute atomic E-state index is 0.765. The van der Waals surface area contributed by atoms with Crippen molar-refractivity contribution in [2.45, 2.75) is 20.4 Å². The van der Waals surface area contributed by atoms with Crippen molar-refractivity contribution in [3.05, 3.63) is 29.7 Å². The molecule has 0 unspecified atom stereocenters. The molecule has 0 amide bonds. The Bertz CT molecular complexity index is 433. The first-order chi connectivity index (χ1) is 6.81. The lowest BCUT2D eigenvalue weighted by Gasteiger charge is -2.00. The standard InChI is InChI=1S/C10H14N4/c1-3-11-7-10-13-12-9-6-8(2)4-5-14(9)10/h4-6,11H,3,7H2,1-2H3. The van der Waals surface area contributed by atoms with Gasteiger partial charge in [-0.2, -0.15) is 0 Å². The normalized spacial score (nSPS) is 11.0. The Balaban J connectivity index is 2.37. The molecular formula is C10H14N4. The third-order valence-corrected chi connectivity index (χ3v) is 2.17. The van der Waals surface area contributed by atoms with Crippen molar-refractivity contribution in [2.24, 2.45) is 0 Å². The van der Waals surface area contributed by atoms with Crippen molar-refractivity contribution < 1.29 is 0 Å². The van der Waals surface area contributed by atoms with Crippen molar-refractivity contribution in [3.63, 3.8) is 0 Å². The molecule has 0 aliphatic carbocycles. The van der Waals surface area contributed by atoms with Crippen LogP contribution in [0, 0.1) is 6.92 Å². The zero-order chi connectivity index (χ0) is 9.97. The van der Waals surface area contributed by atoms with Gasteiger partial charge in [-0.15, -0.1) is 10.2 Å². The second kappa shape index (κ2) is 3.75. The van der Waals surface area contributed by atoms with Crippen LogP contribution in [0.2, 0.25) is 0 Å². The number of nitrogens with one attached hydrogen (secondary N) is 1. The van der Waals surface area contributed by atoms with Gasteiger partial charge in [-0.25, -0.2) is 0 Å². The maximum Gasteiger partial charge on any atom is 0.161 e. The number of nitrogens with zero attached hydrogens (tertiary/aromatic N) is 3. The summed E-state index contributed by atoms with van der Waals surface area (Å²) in [5.74, 6) is 0.960. The molecule has 0 saturated carbocycles. The van der Waals surface area contributed by atoms with Gasteiger partial charge in [0.05, 0.1) is 6.54 Å². The van der Waals surface area contributed by atoms with Gasteiger partial charge in [0, 0.05) is 6.20 Å². The number of hydrogen-bond acceptors (Lipinski definition) is 3. The van der Waals surface area contributed by atoms with E-state index in [1.165, 1.54) is 5.56 Å². The lowest BCUT2D eigenvalue weighted by atomic mass is 10.3. The molecule has 0 fully saturated rings. The molecule has 2 heterocycles. The number of fused-ring (bicyclic) bond motifs is 1. The highest BCUT2D eigenvalue weighted by Gasteiger charge is 2.03. The molecule has 2 aromatic rings. The average Bonchev–Trinajstić information content (AvgIpc) is 2.57. The van der Waals surface area contributed by atoms with E-state index in [9.17, 15) is 0 Å². The Labute approximate surface area is 83.0 Å². The van der Waals surface area contributed by atoms with Gasteiger partial charge >= 0.3 is 0 Å². The minimum Gasteiger partial charge on any atom is -0.310 e. The van der Waals surface area contributed by atoms with Crippen LogP contribution in [0.3, 0.4) is 0 Å². The van der Waals surface area contributed by atoms with E-state index in [-0.39, 0.29) is 0 Å². The summed E-state index contributed by atoms with van der Waals surface area (Å²) < 4.78 is 2.01. The Morgan fingerprint density at radius 2 is 2.29 bits per heavy atom. The number of rotatable bonds is 3. The van der Waals surface area contributed by atoms with Crippen LogP contribution in [0.5, 0.6) is 0 Å². The van der Waals surface area contributed by atoms with Gasteiger partial charge in [-0.3, -0.25) is 4.40 Å². The molecule has 0 radical (unpaired) electrons. The molecule has 0 aliphatic heterocycles. The molecule has 1 N–H and O–H groups in total. The van der Waals surface area contributed by atoms with E-state index in [0.717, 1.165) is 24.6 Å². The molecule has 2 aromatic heterocycles. The van der Waals surface area contributed by atoms with Gasteiger partial charge in [-0.05, 0) is 31.2 Å². The summed E-state index contributed by atoms with van der Waals surface area (Å²) in [7, 11) is 0. The first kappa shape index (κ1) is 9.15.